The maximum Gasteiger partial charge on any atom is 0.0426 e. The Bertz CT molecular complexity index is 343. The summed E-state index contributed by atoms with van der Waals surface area (Å²) in [5, 5.41) is 3.46. The van der Waals surface area contributed by atoms with Gasteiger partial charge in [-0.3, -0.25) is 4.98 Å². The second-order valence-electron chi connectivity index (χ2n) is 4.90. The molecule has 2 heterocycles. The molecule has 0 aromatic carbocycles. The van der Waals surface area contributed by atoms with Gasteiger partial charge >= 0.3 is 0 Å². The summed E-state index contributed by atoms with van der Waals surface area (Å²) in [5.74, 6) is 0.855. The van der Waals surface area contributed by atoms with Crippen molar-refractivity contribution >= 4 is 5.69 Å². The summed E-state index contributed by atoms with van der Waals surface area (Å²) >= 11 is 0. The minimum atomic E-state index is 0.855. The molecule has 3 heteroatoms. The third kappa shape index (κ3) is 3.19. The molecule has 1 fully saturated rings. The number of piperidine rings is 1. The molecule has 0 aliphatic carbocycles. The van der Waals surface area contributed by atoms with E-state index in [0.29, 0.717) is 0 Å². The van der Waals surface area contributed by atoms with Gasteiger partial charge in [0.05, 0.1) is 0 Å². The molecule has 1 aromatic heterocycles. The maximum atomic E-state index is 4.16. The lowest BCUT2D eigenvalue weighted by molar-refractivity contribution is 0.386. The molecule has 94 valence electrons. The Morgan fingerprint density at radius 2 is 2.18 bits per heavy atom. The summed E-state index contributed by atoms with van der Waals surface area (Å²) in [6, 6.07) is 2.14. The van der Waals surface area contributed by atoms with Gasteiger partial charge in [0.15, 0.2) is 0 Å². The van der Waals surface area contributed by atoms with Crippen molar-refractivity contribution in [1.82, 2.24) is 10.3 Å². The van der Waals surface area contributed by atoms with E-state index in [1.54, 1.807) is 0 Å². The van der Waals surface area contributed by atoms with Gasteiger partial charge in [0.25, 0.3) is 0 Å². The first-order valence-corrected chi connectivity index (χ1v) is 6.67. The van der Waals surface area contributed by atoms with Crippen LogP contribution >= 0.6 is 0 Å². The molecule has 17 heavy (non-hydrogen) atoms. The molecular weight excluding hydrogens is 210 g/mol. The number of aryl methyl sites for hydroxylation is 1. The first-order chi connectivity index (χ1) is 8.31. The normalized spacial score (nSPS) is 17.4. The zero-order valence-electron chi connectivity index (χ0n) is 10.9. The molecule has 0 unspecified atom stereocenters. The fourth-order valence-corrected chi connectivity index (χ4v) is 2.55. The van der Waals surface area contributed by atoms with Gasteiger partial charge in [0.1, 0.15) is 0 Å². The number of pyridine rings is 1. The Morgan fingerprint density at radius 1 is 1.41 bits per heavy atom. The van der Waals surface area contributed by atoms with Gasteiger partial charge in [0.2, 0.25) is 0 Å². The Balaban J connectivity index is 1.89. The van der Waals surface area contributed by atoms with Crippen LogP contribution in [0.1, 0.15) is 25.3 Å². The van der Waals surface area contributed by atoms with Gasteiger partial charge in [0, 0.05) is 31.2 Å². The lowest BCUT2D eigenvalue weighted by atomic mass is 9.96. The third-order valence-corrected chi connectivity index (χ3v) is 3.63. The van der Waals surface area contributed by atoms with Crippen LogP contribution in [0.3, 0.4) is 0 Å². The summed E-state index contributed by atoms with van der Waals surface area (Å²) in [6.07, 6.45) is 6.46. The first-order valence-electron chi connectivity index (χ1n) is 6.67. The first kappa shape index (κ1) is 12.4. The summed E-state index contributed by atoms with van der Waals surface area (Å²) in [6.45, 7) is 8.95. The van der Waals surface area contributed by atoms with Gasteiger partial charge in [-0.15, -0.1) is 0 Å². The van der Waals surface area contributed by atoms with Gasteiger partial charge < -0.3 is 10.2 Å². The highest BCUT2D eigenvalue weighted by atomic mass is 15.1. The largest absolute Gasteiger partial charge is 0.371 e. The number of nitrogens with zero attached hydrogens (tertiary/aromatic N) is 2. The van der Waals surface area contributed by atoms with Crippen LogP contribution in [-0.2, 0) is 0 Å². The van der Waals surface area contributed by atoms with Crippen molar-refractivity contribution < 1.29 is 0 Å². The Labute approximate surface area is 104 Å². The second-order valence-corrected chi connectivity index (χ2v) is 4.90. The van der Waals surface area contributed by atoms with Crippen LogP contribution in [0.25, 0.3) is 0 Å². The number of hydrogen-bond donors (Lipinski definition) is 1. The predicted octanol–water partition coefficient (Wildman–Crippen LogP) is 2.22. The van der Waals surface area contributed by atoms with Gasteiger partial charge in [-0.25, -0.2) is 0 Å². The Hall–Kier alpha value is -1.09. The lowest BCUT2D eigenvalue weighted by Gasteiger charge is -2.34. The standard InChI is InChI=1S/C14H23N3/c1-3-15-11-13-5-8-17(9-6-13)14-4-7-16-10-12(14)2/h4,7,10,13,15H,3,5-6,8-9,11H2,1-2H3. The van der Waals surface area contributed by atoms with Crippen LogP contribution in [0.2, 0.25) is 0 Å². The molecule has 0 saturated carbocycles. The van der Waals surface area contributed by atoms with Crippen molar-refractivity contribution in [3.05, 3.63) is 24.0 Å². The molecule has 3 nitrogen and oxygen atoms in total. The van der Waals surface area contributed by atoms with E-state index in [0.717, 1.165) is 12.5 Å². The van der Waals surface area contributed by atoms with E-state index in [4.69, 9.17) is 0 Å². The van der Waals surface area contributed by atoms with Crippen LogP contribution in [0.4, 0.5) is 5.69 Å². The smallest absolute Gasteiger partial charge is 0.0426 e. The van der Waals surface area contributed by atoms with Crippen molar-refractivity contribution in [2.24, 2.45) is 5.92 Å². The van der Waals surface area contributed by atoms with Crippen molar-refractivity contribution in [3.63, 3.8) is 0 Å². The number of rotatable bonds is 4. The number of nitrogens with one attached hydrogen (secondary N) is 1. The summed E-state index contributed by atoms with van der Waals surface area (Å²) in [5.41, 5.74) is 2.65. The number of anilines is 1. The van der Waals surface area contributed by atoms with Crippen LogP contribution in [0, 0.1) is 12.8 Å². The molecule has 1 saturated heterocycles. The average molecular weight is 233 g/mol. The maximum absolute atomic E-state index is 4.16. The molecule has 2 rings (SSSR count). The van der Waals surface area contributed by atoms with Crippen LogP contribution in [-0.4, -0.2) is 31.2 Å². The minimum Gasteiger partial charge on any atom is -0.371 e. The topological polar surface area (TPSA) is 28.2 Å². The molecule has 1 aliphatic rings. The van der Waals surface area contributed by atoms with Gasteiger partial charge in [-0.1, -0.05) is 6.92 Å². The summed E-state index contributed by atoms with van der Waals surface area (Å²) in [4.78, 5) is 6.66. The highest BCUT2D eigenvalue weighted by molar-refractivity contribution is 5.51. The van der Waals surface area contributed by atoms with Crippen molar-refractivity contribution in [1.29, 1.82) is 0 Å². The molecule has 1 N–H and O–H groups in total. The fraction of sp³-hybridized carbons (Fsp3) is 0.643. The van der Waals surface area contributed by atoms with Crippen LogP contribution < -0.4 is 10.2 Å². The Kier molecular flexibility index (Phi) is 4.37. The summed E-state index contributed by atoms with van der Waals surface area (Å²) in [7, 11) is 0. The van der Waals surface area contributed by atoms with E-state index >= 15 is 0 Å². The van der Waals surface area contributed by atoms with E-state index in [1.807, 2.05) is 12.4 Å². The molecule has 0 radical (unpaired) electrons. The zero-order valence-corrected chi connectivity index (χ0v) is 10.9. The van der Waals surface area contributed by atoms with Crippen LogP contribution in [0.15, 0.2) is 18.5 Å². The zero-order chi connectivity index (χ0) is 12.1. The van der Waals surface area contributed by atoms with Gasteiger partial charge in [-0.05, 0) is 50.4 Å². The predicted molar refractivity (Wildman–Crippen MR) is 72.5 cm³/mol. The van der Waals surface area contributed by atoms with Gasteiger partial charge in [-0.2, -0.15) is 0 Å². The summed E-state index contributed by atoms with van der Waals surface area (Å²) < 4.78 is 0. The molecule has 0 atom stereocenters. The quantitative estimate of drug-likeness (QED) is 0.864. The molecular formula is C14H23N3. The monoisotopic (exact) mass is 233 g/mol. The van der Waals surface area contributed by atoms with E-state index in [1.165, 1.54) is 43.7 Å². The number of aromatic nitrogens is 1. The molecule has 1 aromatic rings. The van der Waals surface area contributed by atoms with Crippen molar-refractivity contribution in [3.8, 4) is 0 Å². The van der Waals surface area contributed by atoms with E-state index < -0.39 is 0 Å². The van der Waals surface area contributed by atoms with Crippen molar-refractivity contribution in [2.45, 2.75) is 26.7 Å². The van der Waals surface area contributed by atoms with E-state index in [9.17, 15) is 0 Å². The highest BCUT2D eigenvalue weighted by Gasteiger charge is 2.19. The molecule has 0 bridgehead atoms. The molecule has 0 amide bonds. The van der Waals surface area contributed by atoms with E-state index in [-0.39, 0.29) is 0 Å². The molecule has 1 aliphatic heterocycles. The lowest BCUT2D eigenvalue weighted by Crippen LogP contribution is -2.37. The fourth-order valence-electron chi connectivity index (χ4n) is 2.55. The highest BCUT2D eigenvalue weighted by Crippen LogP contribution is 2.24. The minimum absolute atomic E-state index is 0.855. The van der Waals surface area contributed by atoms with Crippen molar-refractivity contribution in [2.75, 3.05) is 31.1 Å². The Morgan fingerprint density at radius 3 is 2.82 bits per heavy atom. The van der Waals surface area contributed by atoms with Crippen LogP contribution in [0.5, 0.6) is 0 Å². The second kappa shape index (κ2) is 6.01. The van der Waals surface area contributed by atoms with E-state index in [2.05, 4.69) is 35.1 Å². The molecule has 0 spiro atoms. The SMILES string of the molecule is CCNCC1CCN(c2ccncc2C)CC1. The average Bonchev–Trinajstić information content (AvgIpc) is 2.38. The third-order valence-electron chi connectivity index (χ3n) is 3.63. The number of hydrogen-bond acceptors (Lipinski definition) is 3.